The Bertz CT molecular complexity index is 859. The highest BCUT2D eigenvalue weighted by molar-refractivity contribution is 6.31. The van der Waals surface area contributed by atoms with E-state index in [4.69, 9.17) is 11.6 Å². The van der Waals surface area contributed by atoms with E-state index in [2.05, 4.69) is 0 Å². The fourth-order valence-corrected chi connectivity index (χ4v) is 3.64. The van der Waals surface area contributed by atoms with E-state index < -0.39 is 12.1 Å². The van der Waals surface area contributed by atoms with E-state index in [9.17, 15) is 18.0 Å². The van der Waals surface area contributed by atoms with Gasteiger partial charge in [-0.2, -0.15) is 13.2 Å². The molecule has 1 nitrogen and oxygen atoms in total. The normalized spacial score (nSPS) is 13.2. The van der Waals surface area contributed by atoms with Crippen molar-refractivity contribution in [1.29, 1.82) is 0 Å². The maximum Gasteiger partial charge on any atom is 0.399 e. The highest BCUT2D eigenvalue weighted by atomic mass is 35.5. The van der Waals surface area contributed by atoms with E-state index >= 15 is 0 Å². The maximum absolute atomic E-state index is 13.7. The SMILES string of the molecule is CCc1c(C)cc(C(/C=C/c2ccc(C(C)=O)c(C)c2)C(F)(F)F)cc1Cl. The van der Waals surface area contributed by atoms with Crippen LogP contribution in [0.2, 0.25) is 5.02 Å². The molecule has 1 atom stereocenters. The van der Waals surface area contributed by atoms with Crippen molar-refractivity contribution < 1.29 is 18.0 Å². The lowest BCUT2D eigenvalue weighted by atomic mass is 9.92. The summed E-state index contributed by atoms with van der Waals surface area (Å²) in [5.74, 6) is -1.83. The fraction of sp³-hybridized carbons (Fsp3) is 0.318. The number of Topliss-reactive ketones (excluding diaryl/α,β-unsaturated/α-hetero) is 1. The quantitative estimate of drug-likeness (QED) is 0.495. The third kappa shape index (κ3) is 5.01. The van der Waals surface area contributed by atoms with Crippen molar-refractivity contribution in [3.8, 4) is 0 Å². The third-order valence-corrected chi connectivity index (χ3v) is 4.95. The molecule has 0 bridgehead atoms. The second kappa shape index (κ2) is 8.30. The van der Waals surface area contributed by atoms with Crippen LogP contribution in [0.4, 0.5) is 13.2 Å². The van der Waals surface area contributed by atoms with Gasteiger partial charge in [-0.1, -0.05) is 54.9 Å². The summed E-state index contributed by atoms with van der Waals surface area (Å²) in [5.41, 5.74) is 3.65. The van der Waals surface area contributed by atoms with Crippen molar-refractivity contribution in [3.63, 3.8) is 0 Å². The van der Waals surface area contributed by atoms with Gasteiger partial charge in [0.05, 0.1) is 5.92 Å². The molecule has 0 amide bonds. The molecular weight excluding hydrogens is 373 g/mol. The molecule has 0 fully saturated rings. The van der Waals surface area contributed by atoms with E-state index in [1.54, 1.807) is 38.1 Å². The number of allylic oxidation sites excluding steroid dienone is 1. The van der Waals surface area contributed by atoms with Crippen molar-refractivity contribution in [2.45, 2.75) is 46.2 Å². The highest BCUT2D eigenvalue weighted by Gasteiger charge is 2.39. The molecule has 27 heavy (non-hydrogen) atoms. The number of carbonyl (C=O) groups excluding carboxylic acids is 1. The van der Waals surface area contributed by atoms with Crippen LogP contribution in [0.3, 0.4) is 0 Å². The van der Waals surface area contributed by atoms with Crippen LogP contribution in [0, 0.1) is 13.8 Å². The number of carbonyl (C=O) groups is 1. The maximum atomic E-state index is 13.7. The van der Waals surface area contributed by atoms with Crippen molar-refractivity contribution in [2.75, 3.05) is 0 Å². The largest absolute Gasteiger partial charge is 0.399 e. The zero-order valence-electron chi connectivity index (χ0n) is 15.7. The molecule has 0 heterocycles. The van der Waals surface area contributed by atoms with Crippen LogP contribution < -0.4 is 0 Å². The number of hydrogen-bond donors (Lipinski definition) is 0. The number of alkyl halides is 3. The van der Waals surface area contributed by atoms with E-state index in [0.29, 0.717) is 22.6 Å². The van der Waals surface area contributed by atoms with Crippen LogP contribution >= 0.6 is 11.6 Å². The minimum Gasteiger partial charge on any atom is -0.295 e. The summed E-state index contributed by atoms with van der Waals surface area (Å²) < 4.78 is 41.0. The number of benzene rings is 2. The van der Waals surface area contributed by atoms with Crippen molar-refractivity contribution >= 4 is 23.5 Å². The average molecular weight is 395 g/mol. The van der Waals surface area contributed by atoms with Crippen LogP contribution in [0.25, 0.3) is 6.08 Å². The summed E-state index contributed by atoms with van der Waals surface area (Å²) in [6.07, 6.45) is -1.20. The Hall–Kier alpha value is -2.07. The summed E-state index contributed by atoms with van der Waals surface area (Å²) in [7, 11) is 0. The monoisotopic (exact) mass is 394 g/mol. The Labute approximate surface area is 162 Å². The number of aryl methyl sites for hydroxylation is 2. The molecule has 144 valence electrons. The van der Waals surface area contributed by atoms with Gasteiger partial charge in [0.25, 0.3) is 0 Å². The molecule has 0 aromatic heterocycles. The van der Waals surface area contributed by atoms with Crippen LogP contribution in [0.5, 0.6) is 0 Å². The Kier molecular flexibility index (Phi) is 6.53. The Morgan fingerprint density at radius 2 is 1.81 bits per heavy atom. The van der Waals surface area contributed by atoms with Crippen LogP contribution in [-0.2, 0) is 6.42 Å². The summed E-state index contributed by atoms with van der Waals surface area (Å²) in [5, 5.41) is 0.358. The van der Waals surface area contributed by atoms with Gasteiger partial charge < -0.3 is 0 Å². The molecule has 2 aromatic carbocycles. The summed E-state index contributed by atoms with van der Waals surface area (Å²) in [6, 6.07) is 7.94. The number of halogens is 4. The predicted molar refractivity (Wildman–Crippen MR) is 105 cm³/mol. The molecule has 2 aromatic rings. The molecule has 1 unspecified atom stereocenters. The van der Waals surface area contributed by atoms with Gasteiger partial charge in [-0.05, 0) is 61.1 Å². The molecule has 0 radical (unpaired) electrons. The smallest absolute Gasteiger partial charge is 0.295 e. The molecule has 0 aliphatic rings. The first-order valence-electron chi connectivity index (χ1n) is 8.70. The minimum atomic E-state index is -4.44. The molecule has 0 spiro atoms. The van der Waals surface area contributed by atoms with Gasteiger partial charge >= 0.3 is 6.18 Å². The molecule has 0 aliphatic heterocycles. The van der Waals surface area contributed by atoms with E-state index in [1.165, 1.54) is 19.1 Å². The zero-order chi connectivity index (χ0) is 20.4. The first-order valence-corrected chi connectivity index (χ1v) is 9.07. The van der Waals surface area contributed by atoms with Gasteiger partial charge in [0.1, 0.15) is 0 Å². The molecule has 0 N–H and O–H groups in total. The standard InChI is InChI=1S/C22H22ClF3O/c1-5-18-14(3)11-17(12-21(18)23)20(22(24,25)26)9-7-16-6-8-19(15(4)27)13(2)10-16/h6-12,20H,5H2,1-4H3/b9-7+. The van der Waals surface area contributed by atoms with Gasteiger partial charge in [-0.15, -0.1) is 0 Å². The molecule has 0 saturated carbocycles. The topological polar surface area (TPSA) is 17.1 Å². The lowest BCUT2D eigenvalue weighted by Gasteiger charge is -2.19. The Morgan fingerprint density at radius 3 is 2.30 bits per heavy atom. The van der Waals surface area contributed by atoms with Crippen molar-refractivity contribution in [2.24, 2.45) is 0 Å². The number of ketones is 1. The van der Waals surface area contributed by atoms with E-state index in [-0.39, 0.29) is 11.3 Å². The number of rotatable bonds is 5. The van der Waals surface area contributed by atoms with Crippen molar-refractivity contribution in [3.05, 3.63) is 74.8 Å². The Morgan fingerprint density at radius 1 is 1.15 bits per heavy atom. The van der Waals surface area contributed by atoms with Gasteiger partial charge in [0.2, 0.25) is 0 Å². The molecular formula is C22H22ClF3O. The molecule has 5 heteroatoms. The molecule has 2 rings (SSSR count). The van der Waals surface area contributed by atoms with E-state index in [1.807, 2.05) is 6.92 Å². The third-order valence-electron chi connectivity index (χ3n) is 4.62. The van der Waals surface area contributed by atoms with Gasteiger partial charge in [0, 0.05) is 10.6 Å². The van der Waals surface area contributed by atoms with Gasteiger partial charge in [-0.3, -0.25) is 4.79 Å². The highest BCUT2D eigenvalue weighted by Crippen LogP contribution is 2.38. The predicted octanol–water partition coefficient (Wildman–Crippen LogP) is 7.08. The second-order valence-corrected chi connectivity index (χ2v) is 7.07. The first-order chi connectivity index (χ1) is 12.5. The summed E-state index contributed by atoms with van der Waals surface area (Å²) in [6.45, 7) is 6.92. The molecule has 0 aliphatic carbocycles. The summed E-state index contributed by atoms with van der Waals surface area (Å²) >= 11 is 6.19. The van der Waals surface area contributed by atoms with Crippen molar-refractivity contribution in [1.82, 2.24) is 0 Å². The van der Waals surface area contributed by atoms with Gasteiger partial charge in [-0.25, -0.2) is 0 Å². The Balaban J connectivity index is 2.43. The first kappa shape index (κ1) is 21.2. The molecule has 0 saturated heterocycles. The summed E-state index contributed by atoms with van der Waals surface area (Å²) in [4.78, 5) is 11.5. The van der Waals surface area contributed by atoms with Crippen LogP contribution in [0.1, 0.15) is 57.9 Å². The lowest BCUT2D eigenvalue weighted by molar-refractivity contribution is -0.139. The van der Waals surface area contributed by atoms with Crippen LogP contribution in [-0.4, -0.2) is 12.0 Å². The zero-order valence-corrected chi connectivity index (χ0v) is 16.5. The minimum absolute atomic E-state index is 0.0719. The number of hydrogen-bond acceptors (Lipinski definition) is 1. The fourth-order valence-electron chi connectivity index (χ4n) is 3.23. The van der Waals surface area contributed by atoms with Gasteiger partial charge in [0.15, 0.2) is 5.78 Å². The van der Waals surface area contributed by atoms with E-state index in [0.717, 1.165) is 22.8 Å². The van der Waals surface area contributed by atoms with Crippen LogP contribution in [0.15, 0.2) is 36.4 Å². The average Bonchev–Trinajstić information content (AvgIpc) is 2.53. The lowest BCUT2D eigenvalue weighted by Crippen LogP contribution is -2.19. The second-order valence-electron chi connectivity index (χ2n) is 6.66.